The summed E-state index contributed by atoms with van der Waals surface area (Å²) < 4.78 is 42.5. The second-order valence-corrected chi connectivity index (χ2v) is 10.2. The highest BCUT2D eigenvalue weighted by Crippen LogP contribution is 2.27. The summed E-state index contributed by atoms with van der Waals surface area (Å²) in [4.78, 5) is 24.3. The summed E-state index contributed by atoms with van der Waals surface area (Å²) in [5.41, 5.74) is 2.38. The summed E-state index contributed by atoms with van der Waals surface area (Å²) in [7, 11) is -3.61. The van der Waals surface area contributed by atoms with Crippen molar-refractivity contribution in [3.05, 3.63) is 53.6 Å². The third-order valence-corrected chi connectivity index (χ3v) is 7.16. The predicted molar refractivity (Wildman–Crippen MR) is 126 cm³/mol. The van der Waals surface area contributed by atoms with Crippen LogP contribution >= 0.6 is 0 Å². The van der Waals surface area contributed by atoms with Crippen LogP contribution in [0.3, 0.4) is 0 Å². The first kappa shape index (κ1) is 25.7. The lowest BCUT2D eigenvalue weighted by Gasteiger charge is -2.26. The Balaban J connectivity index is 1.48. The van der Waals surface area contributed by atoms with Gasteiger partial charge in [0, 0.05) is 18.8 Å². The zero-order valence-electron chi connectivity index (χ0n) is 19.6. The van der Waals surface area contributed by atoms with E-state index in [-0.39, 0.29) is 17.4 Å². The highest BCUT2D eigenvalue weighted by molar-refractivity contribution is 7.89. The molecule has 0 bridgehead atoms. The van der Waals surface area contributed by atoms with Crippen molar-refractivity contribution >= 4 is 27.6 Å². The van der Waals surface area contributed by atoms with Crippen LogP contribution in [0.15, 0.2) is 47.4 Å². The van der Waals surface area contributed by atoms with Gasteiger partial charge in [0.2, 0.25) is 10.0 Å². The number of hydrogen-bond donors (Lipinski definition) is 1. The van der Waals surface area contributed by atoms with E-state index in [1.807, 2.05) is 39.0 Å². The van der Waals surface area contributed by atoms with E-state index in [0.717, 1.165) is 11.1 Å². The Kier molecular flexibility index (Phi) is 8.65. The summed E-state index contributed by atoms with van der Waals surface area (Å²) in [6, 6.07) is 11.6. The van der Waals surface area contributed by atoms with E-state index in [4.69, 9.17) is 14.2 Å². The van der Waals surface area contributed by atoms with Crippen molar-refractivity contribution in [1.29, 1.82) is 0 Å². The van der Waals surface area contributed by atoms with Crippen molar-refractivity contribution in [2.24, 2.45) is 0 Å². The van der Waals surface area contributed by atoms with Crippen LogP contribution in [0.4, 0.5) is 5.69 Å². The van der Waals surface area contributed by atoms with Crippen LogP contribution in [0, 0.1) is 6.92 Å². The number of aryl methyl sites for hydroxylation is 1. The molecule has 2 aromatic rings. The van der Waals surface area contributed by atoms with E-state index >= 15 is 0 Å². The van der Waals surface area contributed by atoms with Gasteiger partial charge >= 0.3 is 5.97 Å². The monoisotopic (exact) mass is 490 g/mol. The zero-order valence-corrected chi connectivity index (χ0v) is 20.4. The number of hydrogen-bond acceptors (Lipinski definition) is 7. The summed E-state index contributed by atoms with van der Waals surface area (Å²) in [6.45, 7) is 6.53. The SMILES string of the molecule is Cc1ccc(C(C)C)c(OCC(=O)OCC(=O)Nc2ccc(S(=O)(=O)N3CCOCC3)cc2)c1. The summed E-state index contributed by atoms with van der Waals surface area (Å²) in [5, 5.41) is 2.58. The van der Waals surface area contributed by atoms with Crippen molar-refractivity contribution < 1.29 is 32.2 Å². The largest absolute Gasteiger partial charge is 0.482 e. The number of sulfonamides is 1. The van der Waals surface area contributed by atoms with Crippen LogP contribution in [0.1, 0.15) is 30.9 Å². The fraction of sp³-hybridized carbons (Fsp3) is 0.417. The molecule has 2 aromatic carbocycles. The number of carbonyl (C=O) groups is 2. The van der Waals surface area contributed by atoms with E-state index in [2.05, 4.69) is 5.32 Å². The van der Waals surface area contributed by atoms with E-state index in [0.29, 0.717) is 37.7 Å². The van der Waals surface area contributed by atoms with E-state index in [1.165, 1.54) is 28.6 Å². The van der Waals surface area contributed by atoms with Crippen LogP contribution in [0.25, 0.3) is 0 Å². The number of ether oxygens (including phenoxy) is 3. The lowest BCUT2D eigenvalue weighted by molar-refractivity contribution is -0.149. The molecule has 10 heteroatoms. The third kappa shape index (κ3) is 6.78. The minimum atomic E-state index is -3.61. The van der Waals surface area contributed by atoms with Crippen LogP contribution in [0.5, 0.6) is 5.75 Å². The number of carbonyl (C=O) groups excluding carboxylic acids is 2. The maximum atomic E-state index is 12.7. The van der Waals surface area contributed by atoms with Gasteiger partial charge in [0.1, 0.15) is 5.75 Å². The van der Waals surface area contributed by atoms with E-state index in [9.17, 15) is 18.0 Å². The number of nitrogens with one attached hydrogen (secondary N) is 1. The lowest BCUT2D eigenvalue weighted by atomic mass is 10.0. The topological polar surface area (TPSA) is 111 Å². The Morgan fingerprint density at radius 1 is 1.06 bits per heavy atom. The fourth-order valence-electron chi connectivity index (χ4n) is 3.41. The predicted octanol–water partition coefficient (Wildman–Crippen LogP) is 2.70. The molecule has 0 aliphatic carbocycles. The second-order valence-electron chi connectivity index (χ2n) is 8.23. The third-order valence-electron chi connectivity index (χ3n) is 5.25. The van der Waals surface area contributed by atoms with Crippen LogP contribution in [-0.2, 0) is 29.1 Å². The van der Waals surface area contributed by atoms with Gasteiger partial charge in [-0.2, -0.15) is 4.31 Å². The minimum absolute atomic E-state index is 0.132. The molecule has 1 fully saturated rings. The van der Waals surface area contributed by atoms with Gasteiger partial charge in [-0.15, -0.1) is 0 Å². The number of rotatable bonds is 9. The molecular formula is C24H30N2O7S. The highest BCUT2D eigenvalue weighted by Gasteiger charge is 2.26. The smallest absolute Gasteiger partial charge is 0.344 e. The van der Waals surface area contributed by atoms with Gasteiger partial charge in [0.25, 0.3) is 5.91 Å². The van der Waals surface area contributed by atoms with Crippen molar-refractivity contribution in [2.75, 3.05) is 44.8 Å². The Labute approximate surface area is 200 Å². The summed E-state index contributed by atoms with van der Waals surface area (Å²) >= 11 is 0. The van der Waals surface area contributed by atoms with Gasteiger partial charge in [-0.05, 0) is 54.3 Å². The first-order valence-corrected chi connectivity index (χ1v) is 12.5. The average Bonchev–Trinajstić information content (AvgIpc) is 2.82. The highest BCUT2D eigenvalue weighted by atomic mass is 32.2. The second kappa shape index (κ2) is 11.5. The number of esters is 1. The quantitative estimate of drug-likeness (QED) is 0.538. The number of anilines is 1. The van der Waals surface area contributed by atoms with Crippen molar-refractivity contribution in [3.63, 3.8) is 0 Å². The minimum Gasteiger partial charge on any atom is -0.482 e. The van der Waals surface area contributed by atoms with Gasteiger partial charge in [-0.1, -0.05) is 26.0 Å². The fourth-order valence-corrected chi connectivity index (χ4v) is 4.82. The molecular weight excluding hydrogens is 460 g/mol. The van der Waals surface area contributed by atoms with Crippen LogP contribution in [-0.4, -0.2) is 64.1 Å². The molecule has 0 unspecified atom stereocenters. The number of morpholine rings is 1. The maximum Gasteiger partial charge on any atom is 0.344 e. The molecule has 34 heavy (non-hydrogen) atoms. The van der Waals surface area contributed by atoms with Crippen LogP contribution < -0.4 is 10.1 Å². The van der Waals surface area contributed by atoms with Gasteiger partial charge in [0.15, 0.2) is 13.2 Å². The standard InChI is InChI=1S/C24H30N2O7S/c1-17(2)21-9-4-18(3)14-22(21)32-16-24(28)33-15-23(27)25-19-5-7-20(8-6-19)34(29,30)26-10-12-31-13-11-26/h4-9,14,17H,10-13,15-16H2,1-3H3,(H,25,27). The normalized spacial score (nSPS) is 14.6. The average molecular weight is 491 g/mol. The zero-order chi connectivity index (χ0) is 24.7. The van der Waals surface area contributed by atoms with Crippen molar-refractivity contribution in [1.82, 2.24) is 4.31 Å². The van der Waals surface area contributed by atoms with Crippen molar-refractivity contribution in [2.45, 2.75) is 31.6 Å². The molecule has 1 aliphatic heterocycles. The lowest BCUT2D eigenvalue weighted by Crippen LogP contribution is -2.40. The molecule has 0 saturated carbocycles. The van der Waals surface area contributed by atoms with Gasteiger partial charge < -0.3 is 19.5 Å². The van der Waals surface area contributed by atoms with E-state index < -0.39 is 28.5 Å². The number of amides is 1. The Hall–Kier alpha value is -2.95. The molecule has 0 spiro atoms. The molecule has 1 N–H and O–H groups in total. The first-order chi connectivity index (χ1) is 16.2. The molecule has 1 heterocycles. The van der Waals surface area contributed by atoms with Gasteiger partial charge in [-0.3, -0.25) is 4.79 Å². The molecule has 0 radical (unpaired) electrons. The van der Waals surface area contributed by atoms with Gasteiger partial charge in [-0.25, -0.2) is 13.2 Å². The van der Waals surface area contributed by atoms with Crippen molar-refractivity contribution in [3.8, 4) is 5.75 Å². The summed E-state index contributed by atoms with van der Waals surface area (Å²) in [6.07, 6.45) is 0. The Morgan fingerprint density at radius 3 is 2.38 bits per heavy atom. The summed E-state index contributed by atoms with van der Waals surface area (Å²) in [5.74, 6) is -0.370. The molecule has 0 aromatic heterocycles. The van der Waals surface area contributed by atoms with E-state index in [1.54, 1.807) is 0 Å². The van der Waals surface area contributed by atoms with Crippen LogP contribution in [0.2, 0.25) is 0 Å². The molecule has 0 atom stereocenters. The molecule has 9 nitrogen and oxygen atoms in total. The Bertz CT molecular complexity index is 1110. The van der Waals surface area contributed by atoms with Gasteiger partial charge in [0.05, 0.1) is 18.1 Å². The maximum absolute atomic E-state index is 12.7. The molecule has 184 valence electrons. The molecule has 1 amide bonds. The molecule has 1 aliphatic rings. The molecule has 1 saturated heterocycles. The number of benzene rings is 2. The number of nitrogens with zero attached hydrogens (tertiary/aromatic N) is 1. The Morgan fingerprint density at radius 2 is 1.74 bits per heavy atom. The first-order valence-electron chi connectivity index (χ1n) is 11.0. The molecule has 3 rings (SSSR count).